The lowest BCUT2D eigenvalue weighted by Gasteiger charge is -2.21. The second-order valence-corrected chi connectivity index (χ2v) is 5.69. The van der Waals surface area contributed by atoms with Crippen molar-refractivity contribution >= 4 is 5.91 Å². The number of likely N-dealkylation sites (tertiary alicyclic amines) is 1. The first kappa shape index (κ1) is 12.7. The molecular formula is C14H22N4O. The van der Waals surface area contributed by atoms with Crippen LogP contribution in [0.4, 0.5) is 0 Å². The Morgan fingerprint density at radius 1 is 1.26 bits per heavy atom. The average Bonchev–Trinajstić information content (AvgIpc) is 3.05. The number of amides is 1. The van der Waals surface area contributed by atoms with E-state index in [2.05, 4.69) is 15.2 Å². The number of fused-ring (bicyclic) bond motifs is 1. The first-order valence-electron chi connectivity index (χ1n) is 7.27. The Balaban J connectivity index is 1.50. The van der Waals surface area contributed by atoms with Crippen LogP contribution in [-0.2, 0) is 11.3 Å². The van der Waals surface area contributed by atoms with E-state index in [4.69, 9.17) is 0 Å². The van der Waals surface area contributed by atoms with Crippen LogP contribution in [0.5, 0.6) is 0 Å². The fourth-order valence-corrected chi connectivity index (χ4v) is 3.27. The summed E-state index contributed by atoms with van der Waals surface area (Å²) in [6.07, 6.45) is 8.34. The molecule has 0 spiro atoms. The molecule has 2 fully saturated rings. The Morgan fingerprint density at radius 2 is 2.00 bits per heavy atom. The van der Waals surface area contributed by atoms with Crippen molar-refractivity contribution in [1.29, 1.82) is 0 Å². The molecular weight excluding hydrogens is 240 g/mol. The number of nitrogens with zero attached hydrogens (tertiary/aromatic N) is 3. The summed E-state index contributed by atoms with van der Waals surface area (Å²) in [6.45, 7) is 4.89. The minimum Gasteiger partial charge on any atom is -0.343 e. The van der Waals surface area contributed by atoms with E-state index >= 15 is 0 Å². The predicted molar refractivity (Wildman–Crippen MR) is 72.5 cm³/mol. The van der Waals surface area contributed by atoms with Crippen molar-refractivity contribution in [1.82, 2.24) is 19.8 Å². The number of hydrogen-bond acceptors (Lipinski definition) is 3. The van der Waals surface area contributed by atoms with Gasteiger partial charge >= 0.3 is 0 Å². The van der Waals surface area contributed by atoms with Gasteiger partial charge < -0.3 is 14.8 Å². The monoisotopic (exact) mass is 262 g/mol. The van der Waals surface area contributed by atoms with Crippen molar-refractivity contribution in [2.75, 3.05) is 26.2 Å². The van der Waals surface area contributed by atoms with Crippen molar-refractivity contribution in [3.05, 3.63) is 18.7 Å². The Bertz CT molecular complexity index is 403. The smallest absolute Gasteiger partial charge is 0.224 e. The number of nitrogens with one attached hydrogen (secondary N) is 1. The van der Waals surface area contributed by atoms with E-state index in [0.29, 0.717) is 12.3 Å². The summed E-state index contributed by atoms with van der Waals surface area (Å²) >= 11 is 0. The number of rotatable bonds is 3. The lowest BCUT2D eigenvalue weighted by atomic mass is 9.92. The van der Waals surface area contributed by atoms with Gasteiger partial charge in [-0.3, -0.25) is 4.79 Å². The highest BCUT2D eigenvalue weighted by atomic mass is 16.2. The lowest BCUT2D eigenvalue weighted by molar-refractivity contribution is -0.131. The Hall–Kier alpha value is -1.36. The van der Waals surface area contributed by atoms with Crippen molar-refractivity contribution in [3.63, 3.8) is 0 Å². The molecule has 3 rings (SSSR count). The molecule has 5 heteroatoms. The Morgan fingerprint density at radius 3 is 2.63 bits per heavy atom. The van der Waals surface area contributed by atoms with E-state index in [-0.39, 0.29) is 0 Å². The van der Waals surface area contributed by atoms with Gasteiger partial charge in [-0.05, 0) is 37.8 Å². The molecule has 1 amide bonds. The van der Waals surface area contributed by atoms with Crippen LogP contribution in [-0.4, -0.2) is 46.5 Å². The minimum atomic E-state index is 0.293. The molecule has 0 radical (unpaired) electrons. The van der Waals surface area contributed by atoms with Crippen LogP contribution >= 0.6 is 0 Å². The number of hydrogen-bond donors (Lipinski definition) is 1. The quantitative estimate of drug-likeness (QED) is 0.874. The summed E-state index contributed by atoms with van der Waals surface area (Å²) in [5.74, 6) is 1.86. The molecule has 0 aliphatic carbocycles. The van der Waals surface area contributed by atoms with Crippen molar-refractivity contribution < 1.29 is 4.79 Å². The van der Waals surface area contributed by atoms with Gasteiger partial charge in [-0.1, -0.05) is 0 Å². The van der Waals surface area contributed by atoms with Gasteiger partial charge in [0.25, 0.3) is 0 Å². The van der Waals surface area contributed by atoms with Crippen molar-refractivity contribution in [2.45, 2.75) is 25.8 Å². The third-order valence-corrected chi connectivity index (χ3v) is 4.52. The molecule has 1 N–H and O–H groups in total. The predicted octanol–water partition coefficient (Wildman–Crippen LogP) is 0.731. The van der Waals surface area contributed by atoms with Gasteiger partial charge in [0.1, 0.15) is 0 Å². The van der Waals surface area contributed by atoms with Crippen molar-refractivity contribution in [3.8, 4) is 0 Å². The molecule has 0 bridgehead atoms. The molecule has 2 saturated heterocycles. The molecule has 5 nitrogen and oxygen atoms in total. The number of carbonyl (C=O) groups is 1. The highest BCUT2D eigenvalue weighted by molar-refractivity contribution is 5.76. The van der Waals surface area contributed by atoms with Crippen LogP contribution in [0.25, 0.3) is 0 Å². The zero-order valence-corrected chi connectivity index (χ0v) is 11.3. The maximum absolute atomic E-state index is 12.2. The maximum atomic E-state index is 12.2. The van der Waals surface area contributed by atoms with E-state index in [1.807, 2.05) is 10.8 Å². The summed E-state index contributed by atoms with van der Waals surface area (Å²) in [4.78, 5) is 18.3. The fraction of sp³-hybridized carbons (Fsp3) is 0.714. The van der Waals surface area contributed by atoms with Gasteiger partial charge in [0.15, 0.2) is 0 Å². The number of aryl methyl sites for hydroxylation is 1. The lowest BCUT2D eigenvalue weighted by Crippen LogP contribution is -2.33. The van der Waals surface area contributed by atoms with E-state index < -0.39 is 0 Å². The van der Waals surface area contributed by atoms with Crippen LogP contribution in [0, 0.1) is 11.8 Å². The van der Waals surface area contributed by atoms with E-state index in [9.17, 15) is 4.79 Å². The SMILES string of the molecule is O=C(CCn1ccnc1)N1CC[C@@H]2CNC[C@@H]2CC1. The molecule has 2 atom stereocenters. The molecule has 0 unspecified atom stereocenters. The van der Waals surface area contributed by atoms with Crippen molar-refractivity contribution in [2.24, 2.45) is 11.8 Å². The maximum Gasteiger partial charge on any atom is 0.224 e. The van der Waals surface area contributed by atoms with E-state index in [1.54, 1.807) is 12.5 Å². The van der Waals surface area contributed by atoms with Gasteiger partial charge in [-0.25, -0.2) is 4.98 Å². The summed E-state index contributed by atoms with van der Waals surface area (Å²) in [6, 6.07) is 0. The summed E-state index contributed by atoms with van der Waals surface area (Å²) in [5, 5.41) is 3.47. The zero-order chi connectivity index (χ0) is 13.1. The molecule has 1 aromatic rings. The summed E-state index contributed by atoms with van der Waals surface area (Å²) in [7, 11) is 0. The van der Waals surface area contributed by atoms with Gasteiger partial charge in [0.2, 0.25) is 5.91 Å². The van der Waals surface area contributed by atoms with Gasteiger partial charge in [-0.2, -0.15) is 0 Å². The molecule has 2 aliphatic rings. The minimum absolute atomic E-state index is 0.293. The highest BCUT2D eigenvalue weighted by Gasteiger charge is 2.31. The topological polar surface area (TPSA) is 50.2 Å². The first-order chi connectivity index (χ1) is 9.33. The van der Waals surface area contributed by atoms with Crippen LogP contribution in [0.2, 0.25) is 0 Å². The van der Waals surface area contributed by atoms with E-state index in [0.717, 1.165) is 57.4 Å². The normalized spacial score (nSPS) is 27.1. The molecule has 0 saturated carbocycles. The number of aromatic nitrogens is 2. The van der Waals surface area contributed by atoms with E-state index in [1.165, 1.54) is 0 Å². The molecule has 2 aliphatic heterocycles. The largest absolute Gasteiger partial charge is 0.343 e. The first-order valence-corrected chi connectivity index (χ1v) is 7.27. The fourth-order valence-electron chi connectivity index (χ4n) is 3.27. The number of carbonyl (C=O) groups excluding carboxylic acids is 1. The van der Waals surface area contributed by atoms with Crippen LogP contribution in [0.1, 0.15) is 19.3 Å². The molecule has 0 aromatic carbocycles. The summed E-state index contributed by atoms with van der Waals surface area (Å²) < 4.78 is 1.97. The van der Waals surface area contributed by atoms with Crippen LogP contribution in [0.3, 0.4) is 0 Å². The third-order valence-electron chi connectivity index (χ3n) is 4.52. The molecule has 19 heavy (non-hydrogen) atoms. The second kappa shape index (κ2) is 5.74. The Kier molecular flexibility index (Phi) is 3.82. The standard InChI is InChI=1S/C14H22N4O/c19-14(3-5-17-8-4-15-11-17)18-6-1-12-9-16-10-13(12)2-7-18/h4,8,11-13,16H,1-3,5-7,9-10H2/t12-,13+. The highest BCUT2D eigenvalue weighted by Crippen LogP contribution is 2.27. The van der Waals surface area contributed by atoms with Gasteiger partial charge in [-0.15, -0.1) is 0 Å². The average molecular weight is 262 g/mol. The van der Waals surface area contributed by atoms with Gasteiger partial charge in [0.05, 0.1) is 6.33 Å². The molecule has 1 aromatic heterocycles. The number of imidazole rings is 1. The second-order valence-electron chi connectivity index (χ2n) is 5.69. The Labute approximate surface area is 114 Å². The van der Waals surface area contributed by atoms with Gasteiger partial charge in [0, 0.05) is 38.4 Å². The zero-order valence-electron chi connectivity index (χ0n) is 11.3. The summed E-state index contributed by atoms with van der Waals surface area (Å²) in [5.41, 5.74) is 0. The van der Waals surface area contributed by atoms with Crippen LogP contribution in [0.15, 0.2) is 18.7 Å². The molecule has 3 heterocycles. The third kappa shape index (κ3) is 2.97. The van der Waals surface area contributed by atoms with Crippen LogP contribution < -0.4 is 5.32 Å². The molecule has 104 valence electrons.